The molecular weight excluding hydrogens is 238 g/mol. The average molecular weight is 265 g/mol. The molecule has 0 atom stereocenters. The molecule has 0 aliphatic carbocycles. The third-order valence-electron chi connectivity index (χ3n) is 5.27. The number of likely N-dealkylation sites (tertiary alicyclic amines) is 1. The summed E-state index contributed by atoms with van der Waals surface area (Å²) in [5, 5.41) is 3.28. The Kier molecular flexibility index (Phi) is 3.70. The number of urea groups is 1. The Bertz CT molecular complexity index is 316. The molecule has 108 valence electrons. The molecule has 3 saturated heterocycles. The van der Waals surface area contributed by atoms with Crippen molar-refractivity contribution in [3.63, 3.8) is 0 Å². The Morgan fingerprint density at radius 3 is 2.00 bits per heavy atom. The molecule has 0 aromatic rings. The molecule has 3 fully saturated rings. The van der Waals surface area contributed by atoms with Gasteiger partial charge in [0.2, 0.25) is 0 Å². The lowest BCUT2D eigenvalue weighted by Crippen LogP contribution is -2.51. The van der Waals surface area contributed by atoms with Gasteiger partial charge in [-0.05, 0) is 52.4 Å². The molecule has 4 nitrogen and oxygen atoms in total. The number of hydrogen-bond donors (Lipinski definition) is 1. The second kappa shape index (κ2) is 5.31. The number of fused-ring (bicyclic) bond motifs is 2. The van der Waals surface area contributed by atoms with E-state index in [0.29, 0.717) is 24.2 Å². The van der Waals surface area contributed by atoms with Gasteiger partial charge >= 0.3 is 6.03 Å². The number of nitrogens with one attached hydrogen (secondary N) is 1. The van der Waals surface area contributed by atoms with Gasteiger partial charge in [0.15, 0.2) is 0 Å². The molecule has 0 radical (unpaired) electrons. The normalized spacial score (nSPS) is 32.3. The summed E-state index contributed by atoms with van der Waals surface area (Å²) in [4.78, 5) is 17.0. The van der Waals surface area contributed by atoms with E-state index in [2.05, 4.69) is 29.0 Å². The first-order valence-corrected chi connectivity index (χ1v) is 7.98. The fraction of sp³-hybridized carbons (Fsp3) is 0.933. The van der Waals surface area contributed by atoms with Crippen LogP contribution in [-0.2, 0) is 0 Å². The third-order valence-corrected chi connectivity index (χ3v) is 5.27. The number of carbonyl (C=O) groups excluding carboxylic acids is 1. The minimum absolute atomic E-state index is 0.216. The molecule has 0 spiro atoms. The summed E-state index contributed by atoms with van der Waals surface area (Å²) in [6, 6.07) is 2.32. The van der Waals surface area contributed by atoms with Crippen LogP contribution in [0, 0.1) is 0 Å². The van der Waals surface area contributed by atoms with Gasteiger partial charge in [-0.3, -0.25) is 0 Å². The van der Waals surface area contributed by atoms with Crippen LogP contribution in [0.3, 0.4) is 0 Å². The molecular formula is C15H27N3O. The van der Waals surface area contributed by atoms with Crippen molar-refractivity contribution < 1.29 is 4.79 Å². The molecule has 19 heavy (non-hydrogen) atoms. The van der Waals surface area contributed by atoms with Crippen LogP contribution in [-0.4, -0.2) is 53.1 Å². The Labute approximate surface area is 116 Å². The summed E-state index contributed by atoms with van der Waals surface area (Å²) in [6.45, 7) is 6.74. The minimum Gasteiger partial charge on any atom is -0.335 e. The van der Waals surface area contributed by atoms with E-state index in [9.17, 15) is 4.79 Å². The van der Waals surface area contributed by atoms with Crippen molar-refractivity contribution in [3.8, 4) is 0 Å². The molecule has 3 aliphatic rings. The molecule has 0 unspecified atom stereocenters. The topological polar surface area (TPSA) is 35.6 Å². The van der Waals surface area contributed by atoms with E-state index < -0.39 is 0 Å². The standard InChI is InChI=1S/C15H27N3O/c1-11(2)17-9-7-12(8-10-17)16-15(19)18-13-3-4-14(18)6-5-13/h11-14H,3-10H2,1-2H3,(H,16,19). The van der Waals surface area contributed by atoms with E-state index in [0.717, 1.165) is 25.9 Å². The van der Waals surface area contributed by atoms with E-state index >= 15 is 0 Å². The van der Waals surface area contributed by atoms with Crippen molar-refractivity contribution in [1.82, 2.24) is 15.1 Å². The van der Waals surface area contributed by atoms with Crippen molar-refractivity contribution in [3.05, 3.63) is 0 Å². The van der Waals surface area contributed by atoms with Crippen molar-refractivity contribution >= 4 is 6.03 Å². The van der Waals surface area contributed by atoms with Gasteiger partial charge in [-0.1, -0.05) is 0 Å². The summed E-state index contributed by atoms with van der Waals surface area (Å²) in [5.41, 5.74) is 0. The second-order valence-corrected chi connectivity index (χ2v) is 6.72. The SMILES string of the molecule is CC(C)N1CCC(NC(=O)N2C3CCC2CC3)CC1. The fourth-order valence-electron chi connectivity index (χ4n) is 4.05. The quantitative estimate of drug-likeness (QED) is 0.831. The molecule has 0 saturated carbocycles. The lowest BCUT2D eigenvalue weighted by atomic mass is 10.0. The summed E-state index contributed by atoms with van der Waals surface area (Å²) in [7, 11) is 0. The molecule has 3 aliphatic heterocycles. The van der Waals surface area contributed by atoms with E-state index in [1.807, 2.05) is 0 Å². The van der Waals surface area contributed by atoms with Crippen LogP contribution in [0.25, 0.3) is 0 Å². The maximum atomic E-state index is 12.4. The number of nitrogens with zero attached hydrogens (tertiary/aromatic N) is 2. The van der Waals surface area contributed by atoms with Gasteiger partial charge in [-0.2, -0.15) is 0 Å². The predicted molar refractivity (Wildman–Crippen MR) is 76.1 cm³/mol. The Morgan fingerprint density at radius 2 is 1.53 bits per heavy atom. The van der Waals surface area contributed by atoms with Crippen LogP contribution in [0.15, 0.2) is 0 Å². The monoisotopic (exact) mass is 265 g/mol. The van der Waals surface area contributed by atoms with Gasteiger partial charge in [0, 0.05) is 37.3 Å². The summed E-state index contributed by atoms with van der Waals surface area (Å²) in [6.07, 6.45) is 7.11. The van der Waals surface area contributed by atoms with Crippen LogP contribution < -0.4 is 5.32 Å². The first-order chi connectivity index (χ1) is 9.15. The van der Waals surface area contributed by atoms with E-state index in [-0.39, 0.29) is 6.03 Å². The van der Waals surface area contributed by atoms with E-state index in [4.69, 9.17) is 0 Å². The number of piperidine rings is 1. The van der Waals surface area contributed by atoms with E-state index in [1.54, 1.807) is 0 Å². The largest absolute Gasteiger partial charge is 0.335 e. The van der Waals surface area contributed by atoms with Crippen molar-refractivity contribution in [1.29, 1.82) is 0 Å². The highest BCUT2D eigenvalue weighted by Gasteiger charge is 2.42. The molecule has 2 amide bonds. The van der Waals surface area contributed by atoms with Crippen LogP contribution in [0.5, 0.6) is 0 Å². The maximum absolute atomic E-state index is 12.4. The average Bonchev–Trinajstić information content (AvgIpc) is 2.99. The van der Waals surface area contributed by atoms with Gasteiger partial charge in [-0.25, -0.2) is 4.79 Å². The first kappa shape index (κ1) is 13.2. The van der Waals surface area contributed by atoms with Crippen molar-refractivity contribution in [2.45, 2.75) is 76.5 Å². The number of hydrogen-bond acceptors (Lipinski definition) is 2. The first-order valence-electron chi connectivity index (χ1n) is 7.98. The minimum atomic E-state index is 0.216. The van der Waals surface area contributed by atoms with Gasteiger partial charge in [-0.15, -0.1) is 0 Å². The fourth-order valence-corrected chi connectivity index (χ4v) is 4.05. The maximum Gasteiger partial charge on any atom is 0.318 e. The summed E-state index contributed by atoms with van der Waals surface area (Å²) < 4.78 is 0. The van der Waals surface area contributed by atoms with Crippen molar-refractivity contribution in [2.75, 3.05) is 13.1 Å². The number of amides is 2. The van der Waals surface area contributed by atoms with Crippen LogP contribution >= 0.6 is 0 Å². The highest BCUT2D eigenvalue weighted by atomic mass is 16.2. The molecule has 2 bridgehead atoms. The van der Waals surface area contributed by atoms with Crippen LogP contribution in [0.1, 0.15) is 52.4 Å². The van der Waals surface area contributed by atoms with Gasteiger partial charge in [0.05, 0.1) is 0 Å². The molecule has 3 rings (SSSR count). The zero-order valence-corrected chi connectivity index (χ0v) is 12.3. The Morgan fingerprint density at radius 1 is 1.00 bits per heavy atom. The van der Waals surface area contributed by atoms with Gasteiger partial charge in [0.1, 0.15) is 0 Å². The Hall–Kier alpha value is -0.770. The van der Waals surface area contributed by atoms with Crippen molar-refractivity contribution in [2.24, 2.45) is 0 Å². The highest BCUT2D eigenvalue weighted by Crippen LogP contribution is 2.37. The lowest BCUT2D eigenvalue weighted by molar-refractivity contribution is 0.150. The molecule has 1 N–H and O–H groups in total. The zero-order valence-electron chi connectivity index (χ0n) is 12.3. The smallest absolute Gasteiger partial charge is 0.318 e. The number of rotatable bonds is 2. The predicted octanol–water partition coefficient (Wildman–Crippen LogP) is 2.20. The molecule has 0 aromatic heterocycles. The van der Waals surface area contributed by atoms with Gasteiger partial charge in [0.25, 0.3) is 0 Å². The number of carbonyl (C=O) groups is 1. The zero-order chi connectivity index (χ0) is 13.4. The summed E-state index contributed by atoms with van der Waals surface area (Å²) >= 11 is 0. The second-order valence-electron chi connectivity index (χ2n) is 6.72. The van der Waals surface area contributed by atoms with E-state index in [1.165, 1.54) is 25.7 Å². The molecule has 3 heterocycles. The Balaban J connectivity index is 1.49. The third kappa shape index (κ3) is 2.60. The highest BCUT2D eigenvalue weighted by molar-refractivity contribution is 5.76. The van der Waals surface area contributed by atoms with Gasteiger partial charge < -0.3 is 15.1 Å². The molecule has 0 aromatic carbocycles. The van der Waals surface area contributed by atoms with Crippen LogP contribution in [0.2, 0.25) is 0 Å². The lowest BCUT2D eigenvalue weighted by Gasteiger charge is -2.36. The van der Waals surface area contributed by atoms with Crippen LogP contribution in [0.4, 0.5) is 4.79 Å². The molecule has 4 heteroatoms. The summed E-state index contributed by atoms with van der Waals surface area (Å²) in [5.74, 6) is 0.